The van der Waals surface area contributed by atoms with Gasteiger partial charge in [-0.05, 0) is 62.6 Å². The third kappa shape index (κ3) is 4.58. The Morgan fingerprint density at radius 3 is 1.34 bits per heavy atom. The Kier molecular flexibility index (Phi) is 6.56. The minimum absolute atomic E-state index is 0.590. The Morgan fingerprint density at radius 2 is 0.804 bits per heavy atom. The summed E-state index contributed by atoms with van der Waals surface area (Å²) < 4.78 is 9.38. The van der Waals surface area contributed by atoms with Gasteiger partial charge in [0.2, 0.25) is 0 Å². The van der Waals surface area contributed by atoms with E-state index in [4.69, 9.17) is 19.4 Å². The molecule has 0 aliphatic rings. The van der Waals surface area contributed by atoms with Gasteiger partial charge in [-0.15, -0.1) is 0 Å². The van der Waals surface area contributed by atoms with Crippen molar-refractivity contribution >= 4 is 76.1 Å². The lowest BCUT2D eigenvalue weighted by molar-refractivity contribution is 0.666. The predicted molar refractivity (Wildman–Crippen MR) is 230 cm³/mol. The SMILES string of the molecule is c1ccc(-c2nc(-c3ccccc3)nc(-c3cc(-n4c5ccc6ccccc6c5c5c6ccccc6ccc54)c4oc5ccc6ccccc6c5c4c3)n2)cc1. The summed E-state index contributed by atoms with van der Waals surface area (Å²) in [5, 5.41) is 11.6. The summed E-state index contributed by atoms with van der Waals surface area (Å²) in [5.74, 6) is 1.83. The molecule has 5 heteroatoms. The third-order valence-corrected chi connectivity index (χ3v) is 11.2. The van der Waals surface area contributed by atoms with Crippen LogP contribution in [0.3, 0.4) is 0 Å². The van der Waals surface area contributed by atoms with E-state index in [1.807, 2.05) is 60.7 Å². The van der Waals surface area contributed by atoms with E-state index < -0.39 is 0 Å². The van der Waals surface area contributed by atoms with E-state index in [1.165, 1.54) is 32.3 Å². The Hall–Kier alpha value is -7.63. The van der Waals surface area contributed by atoms with Crippen LogP contribution in [-0.2, 0) is 0 Å². The van der Waals surface area contributed by atoms with E-state index in [-0.39, 0.29) is 0 Å². The van der Waals surface area contributed by atoms with Crippen LogP contribution in [-0.4, -0.2) is 19.5 Å². The molecule has 12 aromatic rings. The number of aromatic nitrogens is 4. The van der Waals surface area contributed by atoms with Gasteiger partial charge in [0.1, 0.15) is 5.58 Å². The highest BCUT2D eigenvalue weighted by Gasteiger charge is 2.24. The van der Waals surface area contributed by atoms with Gasteiger partial charge in [0.05, 0.1) is 16.7 Å². The molecule has 0 aliphatic heterocycles. The smallest absolute Gasteiger partial charge is 0.164 e. The van der Waals surface area contributed by atoms with Crippen LogP contribution in [0.4, 0.5) is 0 Å². The molecular formula is C51H30N4O. The van der Waals surface area contributed by atoms with E-state index in [9.17, 15) is 0 Å². The summed E-state index contributed by atoms with van der Waals surface area (Å²) >= 11 is 0. The molecule has 0 saturated carbocycles. The number of benzene rings is 9. The van der Waals surface area contributed by atoms with Gasteiger partial charge >= 0.3 is 0 Å². The molecule has 0 radical (unpaired) electrons. The van der Waals surface area contributed by atoms with Crippen LogP contribution < -0.4 is 0 Å². The Bertz CT molecular complexity index is 3380. The maximum Gasteiger partial charge on any atom is 0.164 e. The quantitative estimate of drug-likeness (QED) is 0.182. The fraction of sp³-hybridized carbons (Fsp3) is 0. The normalized spacial score (nSPS) is 11.9. The number of hydrogen-bond donors (Lipinski definition) is 0. The second-order valence-electron chi connectivity index (χ2n) is 14.4. The molecule has 0 N–H and O–H groups in total. The van der Waals surface area contributed by atoms with Crippen molar-refractivity contribution in [2.24, 2.45) is 0 Å². The highest BCUT2D eigenvalue weighted by molar-refractivity contribution is 6.29. The molecule has 0 spiro atoms. The zero-order valence-electron chi connectivity index (χ0n) is 30.0. The van der Waals surface area contributed by atoms with Gasteiger partial charge in [0.25, 0.3) is 0 Å². The van der Waals surface area contributed by atoms with Crippen LogP contribution in [0.5, 0.6) is 0 Å². The minimum Gasteiger partial charge on any atom is -0.454 e. The topological polar surface area (TPSA) is 56.7 Å². The third-order valence-electron chi connectivity index (χ3n) is 11.2. The van der Waals surface area contributed by atoms with Crippen LogP contribution >= 0.6 is 0 Å². The van der Waals surface area contributed by atoms with Crippen molar-refractivity contribution in [2.45, 2.75) is 0 Å². The molecule has 0 unspecified atom stereocenters. The van der Waals surface area contributed by atoms with Crippen molar-refractivity contribution in [1.82, 2.24) is 19.5 Å². The monoisotopic (exact) mass is 714 g/mol. The molecule has 0 atom stereocenters. The van der Waals surface area contributed by atoms with Crippen LogP contribution in [0.1, 0.15) is 0 Å². The number of furan rings is 1. The Labute approximate surface area is 320 Å². The van der Waals surface area contributed by atoms with Gasteiger partial charge < -0.3 is 8.98 Å². The van der Waals surface area contributed by atoms with E-state index in [2.05, 4.69) is 126 Å². The van der Waals surface area contributed by atoms with E-state index >= 15 is 0 Å². The number of rotatable bonds is 4. The van der Waals surface area contributed by atoms with Crippen molar-refractivity contribution in [3.05, 3.63) is 182 Å². The van der Waals surface area contributed by atoms with Crippen molar-refractivity contribution in [3.8, 4) is 39.9 Å². The highest BCUT2D eigenvalue weighted by Crippen LogP contribution is 2.45. The number of hydrogen-bond acceptors (Lipinski definition) is 4. The Morgan fingerprint density at radius 1 is 0.357 bits per heavy atom. The molecule has 0 saturated heterocycles. The number of fused-ring (bicyclic) bond motifs is 12. The zero-order chi connectivity index (χ0) is 36.7. The molecule has 0 fully saturated rings. The van der Waals surface area contributed by atoms with Crippen molar-refractivity contribution < 1.29 is 4.42 Å². The molecule has 0 aliphatic carbocycles. The summed E-state index contributed by atoms with van der Waals surface area (Å²) in [6.45, 7) is 0. The second-order valence-corrected chi connectivity index (χ2v) is 14.4. The van der Waals surface area contributed by atoms with E-state index in [0.717, 1.165) is 66.1 Å². The van der Waals surface area contributed by atoms with Crippen LogP contribution in [0.15, 0.2) is 186 Å². The summed E-state index contributed by atoms with van der Waals surface area (Å²) in [7, 11) is 0. The van der Waals surface area contributed by atoms with Gasteiger partial charge in [-0.2, -0.15) is 0 Å². The molecule has 0 amide bonds. The molecule has 3 aromatic heterocycles. The second kappa shape index (κ2) is 11.9. The summed E-state index contributed by atoms with van der Waals surface area (Å²) in [4.78, 5) is 15.4. The predicted octanol–water partition coefficient (Wildman–Crippen LogP) is 13.3. The lowest BCUT2D eigenvalue weighted by atomic mass is 10.00. The summed E-state index contributed by atoms with van der Waals surface area (Å²) in [6.07, 6.45) is 0. The first kappa shape index (κ1) is 30.8. The molecule has 5 nitrogen and oxygen atoms in total. The average Bonchev–Trinajstić information content (AvgIpc) is 3.83. The van der Waals surface area contributed by atoms with Crippen molar-refractivity contribution in [3.63, 3.8) is 0 Å². The van der Waals surface area contributed by atoms with Gasteiger partial charge in [-0.3, -0.25) is 0 Å². The first-order chi connectivity index (χ1) is 27.8. The Balaban J connectivity index is 1.25. The summed E-state index contributed by atoms with van der Waals surface area (Å²) in [5.41, 5.74) is 7.49. The standard InChI is InChI=1S/C51H30N4O/c1-3-16-34(17-4-1)49-52-50(35-18-5-2-6-19-35)54-51(53-49)36-29-40-45-37-20-10-7-15-33(37)25-28-44(45)56-48(40)43(30-36)55-41-26-23-31-13-8-11-21-38(31)46(41)47-39-22-12-9-14-32(39)24-27-42(47)55/h1-30H. The van der Waals surface area contributed by atoms with Crippen LogP contribution in [0, 0.1) is 0 Å². The zero-order valence-corrected chi connectivity index (χ0v) is 30.0. The minimum atomic E-state index is 0.590. The van der Waals surface area contributed by atoms with Gasteiger partial charge in [0.15, 0.2) is 23.1 Å². The van der Waals surface area contributed by atoms with Crippen LogP contribution in [0.25, 0.3) is 116 Å². The lowest BCUT2D eigenvalue weighted by Gasteiger charge is -2.13. The first-order valence-electron chi connectivity index (χ1n) is 18.9. The van der Waals surface area contributed by atoms with Gasteiger partial charge in [-0.25, -0.2) is 15.0 Å². The number of nitrogens with zero attached hydrogens (tertiary/aromatic N) is 4. The van der Waals surface area contributed by atoms with Crippen molar-refractivity contribution in [2.75, 3.05) is 0 Å². The summed E-state index contributed by atoms with van der Waals surface area (Å²) in [6, 6.07) is 63.8. The average molecular weight is 715 g/mol. The lowest BCUT2D eigenvalue weighted by Crippen LogP contribution is -2.01. The highest BCUT2D eigenvalue weighted by atomic mass is 16.3. The van der Waals surface area contributed by atoms with Gasteiger partial charge in [0, 0.05) is 38.2 Å². The molecule has 9 aromatic carbocycles. The van der Waals surface area contributed by atoms with Crippen molar-refractivity contribution in [1.29, 1.82) is 0 Å². The maximum atomic E-state index is 6.99. The fourth-order valence-corrected chi connectivity index (χ4v) is 8.67. The molecule has 3 heterocycles. The van der Waals surface area contributed by atoms with Gasteiger partial charge in [-0.1, -0.05) is 152 Å². The molecule has 56 heavy (non-hydrogen) atoms. The molecular weight excluding hydrogens is 685 g/mol. The molecule has 0 bridgehead atoms. The van der Waals surface area contributed by atoms with Crippen LogP contribution in [0.2, 0.25) is 0 Å². The van der Waals surface area contributed by atoms with E-state index in [1.54, 1.807) is 0 Å². The molecule has 260 valence electrons. The molecule has 12 rings (SSSR count). The largest absolute Gasteiger partial charge is 0.454 e. The maximum absolute atomic E-state index is 6.99. The first-order valence-corrected chi connectivity index (χ1v) is 18.9. The van der Waals surface area contributed by atoms with E-state index in [0.29, 0.717) is 17.5 Å². The fourth-order valence-electron chi connectivity index (χ4n) is 8.67.